The molecule has 0 amide bonds. The quantitative estimate of drug-likeness (QED) is 0.598. The molecule has 0 aliphatic heterocycles. The molecule has 3 heteroatoms. The highest BCUT2D eigenvalue weighted by Crippen LogP contribution is 2.21. The van der Waals surface area contributed by atoms with E-state index in [1.54, 1.807) is 12.1 Å². The van der Waals surface area contributed by atoms with E-state index in [1.165, 1.54) is 0 Å². The molecule has 0 radical (unpaired) electrons. The molecule has 0 saturated heterocycles. The average Bonchev–Trinajstić information content (AvgIpc) is 2.25. The lowest BCUT2D eigenvalue weighted by Gasteiger charge is -2.05. The van der Waals surface area contributed by atoms with Gasteiger partial charge in [0, 0.05) is 5.39 Å². The van der Waals surface area contributed by atoms with Gasteiger partial charge < -0.3 is 10.2 Å². The first-order chi connectivity index (χ1) is 7.24. The van der Waals surface area contributed by atoms with Gasteiger partial charge in [0.05, 0.1) is 0 Å². The number of para-hydroxylation sites is 1. The molecule has 0 fully saturated rings. The van der Waals surface area contributed by atoms with Gasteiger partial charge in [-0.3, -0.25) is 0 Å². The second kappa shape index (κ2) is 3.61. The number of nitrogen functional groups attached to an aromatic ring is 1. The second-order valence-corrected chi connectivity index (χ2v) is 3.27. The Bertz CT molecular complexity index is 569. The molecular formula is C12H11NO2. The summed E-state index contributed by atoms with van der Waals surface area (Å²) in [6, 6.07) is 7.34. The second-order valence-electron chi connectivity index (χ2n) is 3.27. The first kappa shape index (κ1) is 9.52. The zero-order valence-electron chi connectivity index (χ0n) is 8.19. The van der Waals surface area contributed by atoms with Gasteiger partial charge in [0.2, 0.25) is 0 Å². The lowest BCUT2D eigenvalue weighted by atomic mass is 10.1. The van der Waals surface area contributed by atoms with Gasteiger partial charge in [-0.1, -0.05) is 24.3 Å². The van der Waals surface area contributed by atoms with Crippen LogP contribution >= 0.6 is 0 Å². The molecule has 0 spiro atoms. The van der Waals surface area contributed by atoms with E-state index in [0.29, 0.717) is 12.0 Å². The van der Waals surface area contributed by atoms with Gasteiger partial charge in [-0.25, -0.2) is 4.79 Å². The number of hydrogen-bond donors (Lipinski definition) is 1. The number of hydrogen-bond acceptors (Lipinski definition) is 3. The topological polar surface area (TPSA) is 56.2 Å². The van der Waals surface area contributed by atoms with E-state index in [0.717, 1.165) is 10.9 Å². The summed E-state index contributed by atoms with van der Waals surface area (Å²) < 4.78 is 5.06. The molecule has 3 nitrogen and oxygen atoms in total. The fourth-order valence-corrected chi connectivity index (χ4v) is 1.59. The van der Waals surface area contributed by atoms with Crippen LogP contribution in [0.15, 0.2) is 46.1 Å². The van der Waals surface area contributed by atoms with Crippen molar-refractivity contribution < 1.29 is 4.42 Å². The Hall–Kier alpha value is -2.03. The van der Waals surface area contributed by atoms with Crippen molar-refractivity contribution in [3.8, 4) is 0 Å². The van der Waals surface area contributed by atoms with E-state index in [2.05, 4.69) is 6.58 Å². The minimum atomic E-state index is -0.481. The highest BCUT2D eigenvalue weighted by Gasteiger charge is 2.09. The smallest absolute Gasteiger partial charge is 0.359 e. The van der Waals surface area contributed by atoms with Crippen LogP contribution in [0.2, 0.25) is 0 Å². The van der Waals surface area contributed by atoms with E-state index in [1.807, 2.05) is 18.2 Å². The average molecular weight is 201 g/mol. The first-order valence-electron chi connectivity index (χ1n) is 4.65. The van der Waals surface area contributed by atoms with E-state index < -0.39 is 5.63 Å². The molecule has 2 aromatic rings. The predicted octanol–water partition coefficient (Wildman–Crippen LogP) is 2.10. The molecule has 0 aliphatic carbocycles. The maximum Gasteiger partial charge on any atom is 0.359 e. The molecular weight excluding hydrogens is 190 g/mol. The van der Waals surface area contributed by atoms with Crippen molar-refractivity contribution in [2.75, 3.05) is 5.73 Å². The summed E-state index contributed by atoms with van der Waals surface area (Å²) >= 11 is 0. The number of benzene rings is 1. The zero-order chi connectivity index (χ0) is 10.8. The molecule has 1 aromatic carbocycles. The Morgan fingerprint density at radius 3 is 2.87 bits per heavy atom. The summed E-state index contributed by atoms with van der Waals surface area (Å²) in [5.74, 6) is 0. The molecule has 76 valence electrons. The Kier molecular flexibility index (Phi) is 2.29. The fraction of sp³-hybridized carbons (Fsp3) is 0.0833. The fourth-order valence-electron chi connectivity index (χ4n) is 1.59. The van der Waals surface area contributed by atoms with Crippen molar-refractivity contribution in [2.45, 2.75) is 6.42 Å². The maximum absolute atomic E-state index is 11.4. The number of anilines is 1. The lowest BCUT2D eigenvalue weighted by molar-refractivity contribution is 0.563. The third-order valence-corrected chi connectivity index (χ3v) is 2.31. The van der Waals surface area contributed by atoms with Gasteiger partial charge in [-0.2, -0.15) is 0 Å². The number of nitrogens with two attached hydrogens (primary N) is 1. The van der Waals surface area contributed by atoms with Gasteiger partial charge in [-0.05, 0) is 18.1 Å². The van der Waals surface area contributed by atoms with Crippen molar-refractivity contribution in [1.82, 2.24) is 0 Å². The summed E-state index contributed by atoms with van der Waals surface area (Å²) in [4.78, 5) is 11.4. The Morgan fingerprint density at radius 1 is 1.40 bits per heavy atom. The lowest BCUT2D eigenvalue weighted by Crippen LogP contribution is -2.10. The van der Waals surface area contributed by atoms with E-state index in [-0.39, 0.29) is 5.69 Å². The highest BCUT2D eigenvalue weighted by atomic mass is 16.4. The third kappa shape index (κ3) is 1.52. The van der Waals surface area contributed by atoms with Crippen LogP contribution in [-0.2, 0) is 6.42 Å². The summed E-state index contributed by atoms with van der Waals surface area (Å²) in [5.41, 5.74) is 6.73. The summed E-state index contributed by atoms with van der Waals surface area (Å²) in [6.45, 7) is 3.65. The Morgan fingerprint density at radius 2 is 2.13 bits per heavy atom. The number of allylic oxidation sites excluding steroid dienone is 1. The molecule has 0 aliphatic rings. The molecule has 0 saturated carbocycles. The van der Waals surface area contributed by atoms with Gasteiger partial charge >= 0.3 is 5.63 Å². The van der Waals surface area contributed by atoms with Crippen molar-refractivity contribution in [3.63, 3.8) is 0 Å². The van der Waals surface area contributed by atoms with Crippen LogP contribution in [0.4, 0.5) is 5.69 Å². The Labute approximate surface area is 86.8 Å². The van der Waals surface area contributed by atoms with E-state index in [4.69, 9.17) is 10.2 Å². The SMILES string of the molecule is C=CCc1c(N)c(=O)oc2ccccc12. The predicted molar refractivity (Wildman–Crippen MR) is 60.8 cm³/mol. The third-order valence-electron chi connectivity index (χ3n) is 2.31. The van der Waals surface area contributed by atoms with E-state index >= 15 is 0 Å². The van der Waals surface area contributed by atoms with Crippen LogP contribution in [0, 0.1) is 0 Å². The van der Waals surface area contributed by atoms with Gasteiger partial charge in [-0.15, -0.1) is 6.58 Å². The summed E-state index contributed by atoms with van der Waals surface area (Å²) in [6.07, 6.45) is 2.29. The van der Waals surface area contributed by atoms with Crippen LogP contribution in [0.3, 0.4) is 0 Å². The van der Waals surface area contributed by atoms with Gasteiger partial charge in [0.25, 0.3) is 0 Å². The maximum atomic E-state index is 11.4. The van der Waals surface area contributed by atoms with Crippen LogP contribution in [0.5, 0.6) is 0 Å². The molecule has 2 rings (SSSR count). The molecule has 0 bridgehead atoms. The van der Waals surface area contributed by atoms with Gasteiger partial charge in [0.15, 0.2) is 0 Å². The summed E-state index contributed by atoms with van der Waals surface area (Å²) in [5, 5.41) is 0.870. The number of rotatable bonds is 2. The molecule has 2 N–H and O–H groups in total. The largest absolute Gasteiger partial charge is 0.421 e. The Balaban J connectivity index is 2.88. The van der Waals surface area contributed by atoms with Crippen LogP contribution in [-0.4, -0.2) is 0 Å². The van der Waals surface area contributed by atoms with E-state index in [9.17, 15) is 4.79 Å². The minimum Gasteiger partial charge on any atom is -0.421 e. The first-order valence-corrected chi connectivity index (χ1v) is 4.65. The molecule has 1 heterocycles. The zero-order valence-corrected chi connectivity index (χ0v) is 8.19. The molecule has 1 aromatic heterocycles. The van der Waals surface area contributed by atoms with Crippen molar-refractivity contribution in [2.24, 2.45) is 0 Å². The molecule has 0 atom stereocenters. The van der Waals surface area contributed by atoms with Crippen LogP contribution < -0.4 is 11.4 Å². The van der Waals surface area contributed by atoms with Gasteiger partial charge in [0.1, 0.15) is 11.3 Å². The normalized spacial score (nSPS) is 10.4. The van der Waals surface area contributed by atoms with Crippen molar-refractivity contribution in [3.05, 3.63) is 52.9 Å². The molecule has 15 heavy (non-hydrogen) atoms. The monoisotopic (exact) mass is 201 g/mol. The standard InChI is InChI=1S/C12H11NO2/c1-2-5-9-8-6-3-4-7-10(8)15-12(14)11(9)13/h2-4,6-7H,1,5,13H2. The van der Waals surface area contributed by atoms with Crippen LogP contribution in [0.1, 0.15) is 5.56 Å². The van der Waals surface area contributed by atoms with Crippen molar-refractivity contribution >= 4 is 16.7 Å². The van der Waals surface area contributed by atoms with Crippen molar-refractivity contribution in [1.29, 1.82) is 0 Å². The number of fused-ring (bicyclic) bond motifs is 1. The summed E-state index contributed by atoms with van der Waals surface area (Å²) in [7, 11) is 0. The van der Waals surface area contributed by atoms with Crippen LogP contribution in [0.25, 0.3) is 11.0 Å². The molecule has 0 unspecified atom stereocenters. The minimum absolute atomic E-state index is 0.175. The highest BCUT2D eigenvalue weighted by molar-refractivity contribution is 5.84.